The van der Waals surface area contributed by atoms with Crippen LogP contribution in [0, 0.1) is 18.7 Å². The van der Waals surface area contributed by atoms with E-state index in [0.29, 0.717) is 24.1 Å². The molecule has 8 heteroatoms. The van der Waals surface area contributed by atoms with Gasteiger partial charge in [0, 0.05) is 24.3 Å². The molecule has 2 unspecified atom stereocenters. The summed E-state index contributed by atoms with van der Waals surface area (Å²) in [5.41, 5.74) is 1.02. The SMILES string of the molecule is CCC1CN(S(=O)(=O)c2cccc(C(=O)Nc3ccc(F)c(C)c3)c2)CCC1O. The number of hydrogen-bond acceptors (Lipinski definition) is 4. The third kappa shape index (κ3) is 4.66. The quantitative estimate of drug-likeness (QED) is 0.778. The Hall–Kier alpha value is -2.29. The van der Waals surface area contributed by atoms with Crippen molar-refractivity contribution in [3.05, 3.63) is 59.4 Å². The zero-order valence-corrected chi connectivity index (χ0v) is 17.2. The van der Waals surface area contributed by atoms with Gasteiger partial charge in [0.1, 0.15) is 5.82 Å². The molecule has 2 aromatic carbocycles. The van der Waals surface area contributed by atoms with Crippen LogP contribution in [0.2, 0.25) is 0 Å². The summed E-state index contributed by atoms with van der Waals surface area (Å²) in [5.74, 6) is -0.951. The predicted molar refractivity (Wildman–Crippen MR) is 109 cm³/mol. The molecule has 0 radical (unpaired) electrons. The minimum atomic E-state index is -3.78. The minimum Gasteiger partial charge on any atom is -0.393 e. The number of aryl methyl sites for hydroxylation is 1. The molecule has 2 atom stereocenters. The number of benzene rings is 2. The summed E-state index contributed by atoms with van der Waals surface area (Å²) in [4.78, 5) is 12.6. The highest BCUT2D eigenvalue weighted by Crippen LogP contribution is 2.26. The molecule has 1 heterocycles. The van der Waals surface area contributed by atoms with Crippen LogP contribution in [0.1, 0.15) is 35.7 Å². The first-order chi connectivity index (χ1) is 13.7. The summed E-state index contributed by atoms with van der Waals surface area (Å²) in [6, 6.07) is 10.1. The summed E-state index contributed by atoms with van der Waals surface area (Å²) in [6.07, 6.45) is 0.580. The lowest BCUT2D eigenvalue weighted by Gasteiger charge is -2.35. The second-order valence-electron chi connectivity index (χ2n) is 7.33. The molecule has 3 rings (SSSR count). The Morgan fingerprint density at radius 3 is 2.72 bits per heavy atom. The Balaban J connectivity index is 1.81. The number of halogens is 1. The van der Waals surface area contributed by atoms with E-state index in [2.05, 4.69) is 5.32 Å². The number of carbonyl (C=O) groups excluding carboxylic acids is 1. The molecule has 0 aliphatic carbocycles. The van der Waals surface area contributed by atoms with Crippen LogP contribution < -0.4 is 5.32 Å². The molecule has 1 fully saturated rings. The van der Waals surface area contributed by atoms with E-state index in [1.807, 2.05) is 6.92 Å². The van der Waals surface area contributed by atoms with Crippen LogP contribution in [0.4, 0.5) is 10.1 Å². The third-order valence-electron chi connectivity index (χ3n) is 5.33. The standard InChI is InChI=1S/C21H25FN2O4S/c1-3-15-13-24(10-9-20(15)25)29(27,28)18-6-4-5-16(12-18)21(26)23-17-7-8-19(22)14(2)11-17/h4-8,11-12,15,20,25H,3,9-10,13H2,1-2H3,(H,23,26). The maximum atomic E-state index is 13.4. The van der Waals surface area contributed by atoms with Crippen LogP contribution in [-0.2, 0) is 10.0 Å². The maximum Gasteiger partial charge on any atom is 0.255 e. The molecule has 2 aromatic rings. The van der Waals surface area contributed by atoms with Crippen molar-refractivity contribution < 1.29 is 22.7 Å². The molecule has 0 saturated carbocycles. The highest BCUT2D eigenvalue weighted by Gasteiger charge is 2.34. The largest absolute Gasteiger partial charge is 0.393 e. The molecule has 1 amide bonds. The highest BCUT2D eigenvalue weighted by molar-refractivity contribution is 7.89. The van der Waals surface area contributed by atoms with Crippen molar-refractivity contribution >= 4 is 21.6 Å². The van der Waals surface area contributed by atoms with Crippen molar-refractivity contribution in [2.75, 3.05) is 18.4 Å². The molecule has 156 valence electrons. The lowest BCUT2D eigenvalue weighted by molar-refractivity contribution is 0.0521. The zero-order valence-electron chi connectivity index (χ0n) is 16.4. The first-order valence-corrected chi connectivity index (χ1v) is 11.0. The summed E-state index contributed by atoms with van der Waals surface area (Å²) in [7, 11) is -3.78. The van der Waals surface area contributed by atoms with Gasteiger partial charge in [0.05, 0.1) is 11.0 Å². The van der Waals surface area contributed by atoms with Crippen molar-refractivity contribution in [2.45, 2.75) is 37.7 Å². The van der Waals surface area contributed by atoms with E-state index in [1.54, 1.807) is 6.92 Å². The number of nitrogens with one attached hydrogen (secondary N) is 1. The Bertz CT molecular complexity index is 1010. The van der Waals surface area contributed by atoms with Crippen molar-refractivity contribution in [3.8, 4) is 0 Å². The Morgan fingerprint density at radius 2 is 2.03 bits per heavy atom. The van der Waals surface area contributed by atoms with Gasteiger partial charge < -0.3 is 10.4 Å². The van der Waals surface area contributed by atoms with Crippen LogP contribution in [0.25, 0.3) is 0 Å². The number of carbonyl (C=O) groups is 1. The Labute approximate surface area is 170 Å². The van der Waals surface area contributed by atoms with E-state index in [9.17, 15) is 22.7 Å². The topological polar surface area (TPSA) is 86.7 Å². The number of aliphatic hydroxyl groups is 1. The van der Waals surface area contributed by atoms with Gasteiger partial charge in [0.15, 0.2) is 0 Å². The number of rotatable bonds is 5. The number of piperidine rings is 1. The second kappa shape index (κ2) is 8.61. The van der Waals surface area contributed by atoms with Gasteiger partial charge in [-0.05, 0) is 67.6 Å². The number of hydrogen-bond donors (Lipinski definition) is 2. The van der Waals surface area contributed by atoms with E-state index >= 15 is 0 Å². The second-order valence-corrected chi connectivity index (χ2v) is 9.27. The summed E-state index contributed by atoms with van der Waals surface area (Å²) in [5, 5.41) is 12.7. The molecule has 1 aliphatic rings. The first kappa shape index (κ1) is 21.4. The number of aliphatic hydroxyl groups excluding tert-OH is 1. The summed E-state index contributed by atoms with van der Waals surface area (Å²) in [6.45, 7) is 4.01. The number of amides is 1. The third-order valence-corrected chi connectivity index (χ3v) is 7.19. The molecule has 6 nitrogen and oxygen atoms in total. The van der Waals surface area contributed by atoms with Crippen molar-refractivity contribution in [1.82, 2.24) is 4.31 Å². The summed E-state index contributed by atoms with van der Waals surface area (Å²) < 4.78 is 40.9. The minimum absolute atomic E-state index is 0.0340. The predicted octanol–water partition coefficient (Wildman–Crippen LogP) is 3.17. The highest BCUT2D eigenvalue weighted by atomic mass is 32.2. The molecular weight excluding hydrogens is 395 g/mol. The van der Waals surface area contributed by atoms with E-state index < -0.39 is 22.0 Å². The molecular formula is C21H25FN2O4S. The van der Waals surface area contributed by atoms with Gasteiger partial charge in [-0.25, -0.2) is 12.8 Å². The molecule has 0 spiro atoms. The van der Waals surface area contributed by atoms with Gasteiger partial charge in [-0.15, -0.1) is 0 Å². The molecule has 29 heavy (non-hydrogen) atoms. The van der Waals surface area contributed by atoms with Gasteiger partial charge in [-0.1, -0.05) is 13.0 Å². The van der Waals surface area contributed by atoms with Crippen LogP contribution >= 0.6 is 0 Å². The number of nitrogens with zero attached hydrogens (tertiary/aromatic N) is 1. The normalized spacial score (nSPS) is 20.4. The number of anilines is 1. The Kier molecular flexibility index (Phi) is 6.36. The fraction of sp³-hybridized carbons (Fsp3) is 0.381. The van der Waals surface area contributed by atoms with E-state index in [4.69, 9.17) is 0 Å². The Morgan fingerprint density at radius 1 is 1.28 bits per heavy atom. The molecule has 0 bridgehead atoms. The molecule has 2 N–H and O–H groups in total. The molecule has 1 saturated heterocycles. The van der Waals surface area contributed by atoms with Gasteiger partial charge in [-0.3, -0.25) is 4.79 Å². The average molecular weight is 421 g/mol. The lowest BCUT2D eigenvalue weighted by Crippen LogP contribution is -2.45. The van der Waals surface area contributed by atoms with Gasteiger partial charge >= 0.3 is 0 Å². The van der Waals surface area contributed by atoms with E-state index in [-0.39, 0.29) is 35.3 Å². The van der Waals surface area contributed by atoms with E-state index in [0.717, 1.165) is 0 Å². The van der Waals surface area contributed by atoms with Gasteiger partial charge in [0.25, 0.3) is 5.91 Å². The van der Waals surface area contributed by atoms with Gasteiger partial charge in [0.2, 0.25) is 10.0 Å². The molecule has 0 aromatic heterocycles. The maximum absolute atomic E-state index is 13.4. The lowest BCUT2D eigenvalue weighted by atomic mass is 9.94. The van der Waals surface area contributed by atoms with Crippen LogP contribution in [-0.4, -0.2) is 42.9 Å². The van der Waals surface area contributed by atoms with Crippen molar-refractivity contribution in [3.63, 3.8) is 0 Å². The van der Waals surface area contributed by atoms with Crippen LogP contribution in [0.15, 0.2) is 47.4 Å². The van der Waals surface area contributed by atoms with Crippen molar-refractivity contribution in [1.29, 1.82) is 0 Å². The number of sulfonamides is 1. The van der Waals surface area contributed by atoms with Crippen LogP contribution in [0.3, 0.4) is 0 Å². The van der Waals surface area contributed by atoms with E-state index in [1.165, 1.54) is 46.8 Å². The monoisotopic (exact) mass is 420 g/mol. The van der Waals surface area contributed by atoms with Crippen molar-refractivity contribution in [2.24, 2.45) is 5.92 Å². The average Bonchev–Trinajstić information content (AvgIpc) is 2.71. The summed E-state index contributed by atoms with van der Waals surface area (Å²) >= 11 is 0. The fourth-order valence-corrected chi connectivity index (χ4v) is 5.04. The zero-order chi connectivity index (χ0) is 21.2. The molecule has 1 aliphatic heterocycles. The fourth-order valence-electron chi connectivity index (χ4n) is 3.48. The van der Waals surface area contributed by atoms with Crippen LogP contribution in [0.5, 0.6) is 0 Å². The van der Waals surface area contributed by atoms with Gasteiger partial charge in [-0.2, -0.15) is 4.31 Å². The first-order valence-electron chi connectivity index (χ1n) is 9.58. The smallest absolute Gasteiger partial charge is 0.255 e.